The van der Waals surface area contributed by atoms with E-state index in [1.54, 1.807) is 18.2 Å². The van der Waals surface area contributed by atoms with Crippen LogP contribution in [-0.4, -0.2) is 6.61 Å². The number of para-hydroxylation sites is 1. The van der Waals surface area contributed by atoms with Gasteiger partial charge in [0.1, 0.15) is 5.75 Å². The molecule has 0 radical (unpaired) electrons. The lowest BCUT2D eigenvalue weighted by Crippen LogP contribution is -2.26. The van der Waals surface area contributed by atoms with E-state index in [0.717, 1.165) is 19.3 Å². The Morgan fingerprint density at radius 2 is 2.00 bits per heavy atom. The van der Waals surface area contributed by atoms with Crippen LogP contribution < -0.4 is 10.5 Å². The second kappa shape index (κ2) is 6.33. The first-order valence-electron chi connectivity index (χ1n) is 6.87. The van der Waals surface area contributed by atoms with Gasteiger partial charge in [0.15, 0.2) is 0 Å². The maximum atomic E-state index is 12.4. The van der Waals surface area contributed by atoms with Gasteiger partial charge in [-0.15, -0.1) is 0 Å². The van der Waals surface area contributed by atoms with E-state index in [-0.39, 0.29) is 11.8 Å². The maximum Gasteiger partial charge on any atom is 0.387 e. The highest BCUT2D eigenvalue weighted by molar-refractivity contribution is 5.36. The molecule has 2 N–H and O–H groups in total. The number of hydrogen-bond acceptors (Lipinski definition) is 2. The lowest BCUT2D eigenvalue weighted by Gasteiger charge is -2.32. The van der Waals surface area contributed by atoms with Crippen molar-refractivity contribution in [2.45, 2.75) is 45.3 Å². The molecule has 1 aliphatic rings. The van der Waals surface area contributed by atoms with Crippen molar-refractivity contribution in [2.75, 3.05) is 0 Å². The van der Waals surface area contributed by atoms with Crippen LogP contribution in [0.3, 0.4) is 0 Å². The summed E-state index contributed by atoms with van der Waals surface area (Å²) in [7, 11) is 0. The lowest BCUT2D eigenvalue weighted by atomic mass is 9.77. The molecule has 1 aromatic carbocycles. The van der Waals surface area contributed by atoms with Crippen LogP contribution in [0, 0.1) is 11.8 Å². The zero-order chi connectivity index (χ0) is 13.8. The Labute approximate surface area is 112 Å². The highest BCUT2D eigenvalue weighted by Gasteiger charge is 2.27. The number of nitrogens with two attached hydrogens (primary N) is 1. The third kappa shape index (κ3) is 3.66. The van der Waals surface area contributed by atoms with Gasteiger partial charge in [-0.25, -0.2) is 0 Å². The largest absolute Gasteiger partial charge is 0.434 e. The van der Waals surface area contributed by atoms with E-state index in [4.69, 9.17) is 5.73 Å². The number of rotatable bonds is 4. The van der Waals surface area contributed by atoms with Crippen molar-refractivity contribution in [3.8, 4) is 5.75 Å². The zero-order valence-corrected chi connectivity index (χ0v) is 11.2. The maximum absolute atomic E-state index is 12.4. The molecular weight excluding hydrogens is 248 g/mol. The van der Waals surface area contributed by atoms with Crippen molar-refractivity contribution >= 4 is 0 Å². The molecule has 106 valence electrons. The minimum absolute atomic E-state index is 0.211. The molecule has 0 aromatic heterocycles. The van der Waals surface area contributed by atoms with Crippen molar-refractivity contribution in [1.82, 2.24) is 0 Å². The van der Waals surface area contributed by atoms with Gasteiger partial charge in [0.2, 0.25) is 0 Å². The van der Waals surface area contributed by atoms with Gasteiger partial charge in [0, 0.05) is 11.6 Å². The molecular formula is C15H21F2NO. The predicted octanol–water partition coefficient (Wildman–Crippen LogP) is 4.11. The smallest absolute Gasteiger partial charge is 0.387 e. The normalized spacial score (nSPS) is 25.3. The molecule has 0 spiro atoms. The van der Waals surface area contributed by atoms with Crippen molar-refractivity contribution in [3.63, 3.8) is 0 Å². The lowest BCUT2D eigenvalue weighted by molar-refractivity contribution is -0.0508. The van der Waals surface area contributed by atoms with Gasteiger partial charge >= 0.3 is 6.61 Å². The summed E-state index contributed by atoms with van der Waals surface area (Å²) in [6.45, 7) is -0.584. The van der Waals surface area contributed by atoms with Crippen molar-refractivity contribution in [2.24, 2.45) is 17.6 Å². The molecule has 0 saturated heterocycles. The minimum Gasteiger partial charge on any atom is -0.434 e. The predicted molar refractivity (Wildman–Crippen MR) is 71.1 cm³/mol. The van der Waals surface area contributed by atoms with Gasteiger partial charge in [-0.3, -0.25) is 0 Å². The van der Waals surface area contributed by atoms with E-state index in [2.05, 4.69) is 11.7 Å². The number of hydrogen-bond donors (Lipinski definition) is 1. The fraction of sp³-hybridized carbons (Fsp3) is 0.600. The van der Waals surface area contributed by atoms with Crippen molar-refractivity contribution < 1.29 is 13.5 Å². The highest BCUT2D eigenvalue weighted by Crippen LogP contribution is 2.38. The number of benzene rings is 1. The summed E-state index contributed by atoms with van der Waals surface area (Å²) in [5, 5.41) is 0. The SMILES string of the molecule is CC1CCCC(C(N)c2ccccc2OC(F)F)C1. The molecule has 1 aliphatic carbocycles. The monoisotopic (exact) mass is 269 g/mol. The van der Waals surface area contributed by atoms with E-state index in [1.165, 1.54) is 6.42 Å². The highest BCUT2D eigenvalue weighted by atomic mass is 19.3. The van der Waals surface area contributed by atoms with Crippen LogP contribution in [0.2, 0.25) is 0 Å². The molecule has 3 atom stereocenters. The molecule has 4 heteroatoms. The standard InChI is InChI=1S/C15H21F2NO/c1-10-5-4-6-11(9-10)14(18)12-7-2-3-8-13(12)19-15(16)17/h2-3,7-8,10-11,14-15H,4-6,9,18H2,1H3. The Hall–Kier alpha value is -1.16. The molecule has 19 heavy (non-hydrogen) atoms. The second-order valence-corrected chi connectivity index (χ2v) is 5.47. The topological polar surface area (TPSA) is 35.2 Å². The third-order valence-electron chi connectivity index (χ3n) is 3.98. The molecule has 0 aliphatic heterocycles. The van der Waals surface area contributed by atoms with Gasteiger partial charge in [-0.05, 0) is 30.7 Å². The van der Waals surface area contributed by atoms with Crippen molar-refractivity contribution in [3.05, 3.63) is 29.8 Å². The van der Waals surface area contributed by atoms with Gasteiger partial charge in [-0.2, -0.15) is 8.78 Å². The molecule has 0 amide bonds. The van der Waals surface area contributed by atoms with Gasteiger partial charge < -0.3 is 10.5 Å². The Balaban J connectivity index is 2.15. The molecule has 1 aromatic rings. The Morgan fingerprint density at radius 1 is 1.26 bits per heavy atom. The first kappa shape index (κ1) is 14.3. The summed E-state index contributed by atoms with van der Waals surface area (Å²) in [4.78, 5) is 0. The van der Waals surface area contributed by atoms with Crippen LogP contribution in [0.1, 0.15) is 44.2 Å². The molecule has 1 fully saturated rings. The second-order valence-electron chi connectivity index (χ2n) is 5.47. The zero-order valence-electron chi connectivity index (χ0n) is 11.2. The molecule has 0 bridgehead atoms. The fourth-order valence-corrected chi connectivity index (χ4v) is 3.02. The molecule has 3 unspecified atom stereocenters. The van der Waals surface area contributed by atoms with E-state index < -0.39 is 6.61 Å². The summed E-state index contributed by atoms with van der Waals surface area (Å²) in [5.74, 6) is 1.22. The third-order valence-corrected chi connectivity index (χ3v) is 3.98. The summed E-state index contributed by atoms with van der Waals surface area (Å²) in [6, 6.07) is 6.64. The van der Waals surface area contributed by atoms with Crippen LogP contribution in [0.4, 0.5) is 8.78 Å². The summed E-state index contributed by atoms with van der Waals surface area (Å²) < 4.78 is 29.4. The average molecular weight is 269 g/mol. The Morgan fingerprint density at radius 3 is 2.68 bits per heavy atom. The van der Waals surface area contributed by atoms with E-state index in [1.807, 2.05) is 6.07 Å². The summed E-state index contributed by atoms with van der Waals surface area (Å²) in [5.41, 5.74) is 6.98. The average Bonchev–Trinajstić information content (AvgIpc) is 2.38. The molecule has 2 rings (SSSR count). The van der Waals surface area contributed by atoms with E-state index in [9.17, 15) is 8.78 Å². The van der Waals surface area contributed by atoms with Crippen molar-refractivity contribution in [1.29, 1.82) is 0 Å². The first-order valence-corrected chi connectivity index (χ1v) is 6.87. The summed E-state index contributed by atoms with van der Waals surface area (Å²) in [6.07, 6.45) is 4.52. The number of alkyl halides is 2. The summed E-state index contributed by atoms with van der Waals surface area (Å²) >= 11 is 0. The van der Waals surface area contributed by atoms with Crippen LogP contribution in [0.5, 0.6) is 5.75 Å². The minimum atomic E-state index is -2.81. The van der Waals surface area contributed by atoms with E-state index >= 15 is 0 Å². The Bertz CT molecular complexity index is 411. The molecule has 2 nitrogen and oxygen atoms in total. The van der Waals surface area contributed by atoms with Crippen LogP contribution in [-0.2, 0) is 0 Å². The number of halogens is 2. The van der Waals surface area contributed by atoms with Gasteiger partial charge in [0.05, 0.1) is 0 Å². The Kier molecular flexibility index (Phi) is 4.75. The van der Waals surface area contributed by atoms with Gasteiger partial charge in [-0.1, -0.05) is 38.0 Å². The molecule has 0 heterocycles. The fourth-order valence-electron chi connectivity index (χ4n) is 3.02. The van der Waals surface area contributed by atoms with Crippen LogP contribution in [0.15, 0.2) is 24.3 Å². The quantitative estimate of drug-likeness (QED) is 0.892. The first-order chi connectivity index (χ1) is 9.08. The van der Waals surface area contributed by atoms with Crippen LogP contribution >= 0.6 is 0 Å². The van der Waals surface area contributed by atoms with Crippen LogP contribution in [0.25, 0.3) is 0 Å². The number of ether oxygens (including phenoxy) is 1. The molecule has 1 saturated carbocycles. The van der Waals surface area contributed by atoms with Gasteiger partial charge in [0.25, 0.3) is 0 Å². The van der Waals surface area contributed by atoms with E-state index in [0.29, 0.717) is 17.4 Å².